The average molecular weight is 229 g/mol. The molecule has 6 heteroatoms. The van der Waals surface area contributed by atoms with Crippen LogP contribution < -0.4 is 5.56 Å². The summed E-state index contributed by atoms with van der Waals surface area (Å²) in [6.07, 6.45) is 3.09. The first-order valence-corrected chi connectivity index (χ1v) is 5.22. The molecule has 2 aromatic rings. The molecule has 0 bridgehead atoms. The molecule has 6 nitrogen and oxygen atoms in total. The van der Waals surface area contributed by atoms with Crippen LogP contribution in [0.1, 0.15) is 18.3 Å². The normalized spacial score (nSPS) is 10.1. The smallest absolute Gasteiger partial charge is 0.268 e. The van der Waals surface area contributed by atoms with Gasteiger partial charge in [-0.3, -0.25) is 4.79 Å². The van der Waals surface area contributed by atoms with Crippen LogP contribution in [0, 0.1) is 11.3 Å². The average Bonchev–Trinajstić information content (AvgIpc) is 2.79. The van der Waals surface area contributed by atoms with Crippen LogP contribution in [0.25, 0.3) is 0 Å². The van der Waals surface area contributed by atoms with Crippen LogP contribution in [0.4, 0.5) is 0 Å². The number of nitriles is 1. The SMILES string of the molecule is CCn1ncnc1Cn1cccc(C#N)c1=O. The van der Waals surface area contributed by atoms with Gasteiger partial charge in [0.2, 0.25) is 0 Å². The molecule has 0 saturated heterocycles. The zero-order chi connectivity index (χ0) is 12.3. The monoisotopic (exact) mass is 229 g/mol. The molecule has 0 saturated carbocycles. The lowest BCUT2D eigenvalue weighted by Crippen LogP contribution is -2.23. The Morgan fingerprint density at radius 1 is 1.53 bits per heavy atom. The fraction of sp³-hybridized carbons (Fsp3) is 0.273. The fourth-order valence-electron chi connectivity index (χ4n) is 1.57. The van der Waals surface area contributed by atoms with E-state index in [1.54, 1.807) is 16.9 Å². The molecule has 0 aliphatic rings. The third-order valence-electron chi connectivity index (χ3n) is 2.45. The highest BCUT2D eigenvalue weighted by Gasteiger charge is 2.06. The van der Waals surface area contributed by atoms with Gasteiger partial charge >= 0.3 is 0 Å². The summed E-state index contributed by atoms with van der Waals surface area (Å²) in [6, 6.07) is 5.04. The summed E-state index contributed by atoms with van der Waals surface area (Å²) in [4.78, 5) is 15.9. The molecule has 0 atom stereocenters. The Morgan fingerprint density at radius 3 is 3.06 bits per heavy atom. The van der Waals surface area contributed by atoms with Crippen LogP contribution >= 0.6 is 0 Å². The number of rotatable bonds is 3. The number of hydrogen-bond donors (Lipinski definition) is 0. The standard InChI is InChI=1S/C11H11N5O/c1-2-16-10(13-8-14-16)7-15-5-3-4-9(6-12)11(15)17/h3-5,8H,2,7H2,1H3. The highest BCUT2D eigenvalue weighted by Crippen LogP contribution is 1.97. The van der Waals surface area contributed by atoms with Crippen LogP contribution in [-0.2, 0) is 13.1 Å². The minimum absolute atomic E-state index is 0.134. The summed E-state index contributed by atoms with van der Waals surface area (Å²) < 4.78 is 3.17. The van der Waals surface area contributed by atoms with Crippen LogP contribution in [0.5, 0.6) is 0 Å². The molecular formula is C11H11N5O. The molecule has 17 heavy (non-hydrogen) atoms. The Balaban J connectivity index is 2.38. The molecule has 0 spiro atoms. The van der Waals surface area contributed by atoms with Gasteiger partial charge in [0.15, 0.2) is 0 Å². The summed E-state index contributed by atoms with van der Waals surface area (Å²) in [7, 11) is 0. The molecule has 0 N–H and O–H groups in total. The van der Waals surface area contributed by atoms with Crippen LogP contribution in [-0.4, -0.2) is 19.3 Å². The predicted molar refractivity (Wildman–Crippen MR) is 60.2 cm³/mol. The quantitative estimate of drug-likeness (QED) is 0.762. The van der Waals surface area contributed by atoms with Crippen molar-refractivity contribution in [1.29, 1.82) is 5.26 Å². The minimum atomic E-state index is -0.305. The van der Waals surface area contributed by atoms with Gasteiger partial charge in [-0.1, -0.05) is 0 Å². The van der Waals surface area contributed by atoms with Gasteiger partial charge in [0.25, 0.3) is 5.56 Å². The Labute approximate surface area is 97.8 Å². The van der Waals surface area contributed by atoms with E-state index in [2.05, 4.69) is 10.1 Å². The second kappa shape index (κ2) is 4.61. The predicted octanol–water partition coefficient (Wildman–Crippen LogP) is 0.380. The van der Waals surface area contributed by atoms with E-state index in [0.29, 0.717) is 18.9 Å². The van der Waals surface area contributed by atoms with Crippen molar-refractivity contribution in [3.05, 3.63) is 46.4 Å². The Kier molecular flexibility index (Phi) is 3.01. The number of aromatic nitrogens is 4. The molecule has 0 amide bonds. The molecule has 0 aliphatic carbocycles. The van der Waals surface area contributed by atoms with E-state index >= 15 is 0 Å². The largest absolute Gasteiger partial charge is 0.307 e. The van der Waals surface area contributed by atoms with E-state index in [4.69, 9.17) is 5.26 Å². The van der Waals surface area contributed by atoms with E-state index < -0.39 is 0 Å². The second-order valence-corrected chi connectivity index (χ2v) is 3.46. The lowest BCUT2D eigenvalue weighted by Gasteiger charge is -2.06. The number of pyridine rings is 1. The first-order chi connectivity index (χ1) is 8.26. The number of nitrogens with zero attached hydrogens (tertiary/aromatic N) is 5. The zero-order valence-corrected chi connectivity index (χ0v) is 9.37. The van der Waals surface area contributed by atoms with Gasteiger partial charge in [0, 0.05) is 12.7 Å². The van der Waals surface area contributed by atoms with Crippen molar-refractivity contribution in [2.75, 3.05) is 0 Å². The summed E-state index contributed by atoms with van der Waals surface area (Å²) in [5.74, 6) is 0.699. The molecule has 0 radical (unpaired) electrons. The summed E-state index contributed by atoms with van der Waals surface area (Å²) in [5.41, 5.74) is -0.171. The lowest BCUT2D eigenvalue weighted by atomic mass is 10.3. The maximum absolute atomic E-state index is 11.8. The van der Waals surface area contributed by atoms with Crippen molar-refractivity contribution >= 4 is 0 Å². The summed E-state index contributed by atoms with van der Waals surface area (Å²) in [5, 5.41) is 12.8. The van der Waals surface area contributed by atoms with E-state index in [1.807, 2.05) is 13.0 Å². The molecule has 0 aliphatic heterocycles. The van der Waals surface area contributed by atoms with Gasteiger partial charge in [0.05, 0.1) is 6.54 Å². The maximum Gasteiger partial charge on any atom is 0.268 e. The van der Waals surface area contributed by atoms with E-state index in [-0.39, 0.29) is 11.1 Å². The van der Waals surface area contributed by atoms with Gasteiger partial charge in [-0.2, -0.15) is 10.4 Å². The van der Waals surface area contributed by atoms with Crippen molar-refractivity contribution in [3.63, 3.8) is 0 Å². The fourth-order valence-corrected chi connectivity index (χ4v) is 1.57. The van der Waals surface area contributed by atoms with Gasteiger partial charge in [-0.15, -0.1) is 0 Å². The molecule has 0 unspecified atom stereocenters. The van der Waals surface area contributed by atoms with Crippen LogP contribution in [0.3, 0.4) is 0 Å². The van der Waals surface area contributed by atoms with E-state index in [0.717, 1.165) is 0 Å². The van der Waals surface area contributed by atoms with Crippen LogP contribution in [0.15, 0.2) is 29.5 Å². The van der Waals surface area contributed by atoms with Crippen molar-refractivity contribution in [2.24, 2.45) is 0 Å². The van der Waals surface area contributed by atoms with Crippen molar-refractivity contribution in [1.82, 2.24) is 19.3 Å². The zero-order valence-electron chi connectivity index (χ0n) is 9.37. The molecule has 0 aromatic carbocycles. The van der Waals surface area contributed by atoms with Gasteiger partial charge in [0.1, 0.15) is 23.8 Å². The van der Waals surface area contributed by atoms with Crippen molar-refractivity contribution in [3.8, 4) is 6.07 Å². The third-order valence-corrected chi connectivity index (χ3v) is 2.45. The van der Waals surface area contributed by atoms with Crippen molar-refractivity contribution < 1.29 is 0 Å². The summed E-state index contributed by atoms with van der Waals surface area (Å²) in [6.45, 7) is 2.97. The van der Waals surface area contributed by atoms with Crippen molar-refractivity contribution in [2.45, 2.75) is 20.0 Å². The Hall–Kier alpha value is -2.42. The molecule has 2 rings (SSSR count). The molecule has 2 heterocycles. The Morgan fingerprint density at radius 2 is 2.35 bits per heavy atom. The number of hydrogen-bond acceptors (Lipinski definition) is 4. The lowest BCUT2D eigenvalue weighted by molar-refractivity contribution is 0.585. The van der Waals surface area contributed by atoms with E-state index in [1.165, 1.54) is 17.0 Å². The molecule has 0 fully saturated rings. The highest BCUT2D eigenvalue weighted by atomic mass is 16.1. The highest BCUT2D eigenvalue weighted by molar-refractivity contribution is 5.25. The molecule has 86 valence electrons. The maximum atomic E-state index is 11.8. The minimum Gasteiger partial charge on any atom is -0.307 e. The number of aryl methyl sites for hydroxylation is 1. The first kappa shape index (κ1) is 11.1. The van der Waals surface area contributed by atoms with Gasteiger partial charge in [-0.25, -0.2) is 9.67 Å². The third kappa shape index (κ3) is 2.08. The molecular weight excluding hydrogens is 218 g/mol. The van der Waals surface area contributed by atoms with Gasteiger partial charge < -0.3 is 4.57 Å². The second-order valence-electron chi connectivity index (χ2n) is 3.46. The topological polar surface area (TPSA) is 76.5 Å². The first-order valence-electron chi connectivity index (χ1n) is 5.22. The molecule has 2 aromatic heterocycles. The van der Waals surface area contributed by atoms with E-state index in [9.17, 15) is 4.79 Å². The van der Waals surface area contributed by atoms with Crippen LogP contribution in [0.2, 0.25) is 0 Å². The summed E-state index contributed by atoms with van der Waals surface area (Å²) >= 11 is 0. The Bertz CT molecular complexity index is 619. The van der Waals surface area contributed by atoms with Gasteiger partial charge in [-0.05, 0) is 19.1 Å².